The topological polar surface area (TPSA) is 112 Å². The average molecular weight is 264 g/mol. The normalized spacial score (nSPS) is 17.9. The van der Waals surface area contributed by atoms with Crippen LogP contribution in [0.5, 0.6) is 0 Å². The van der Waals surface area contributed by atoms with Crippen molar-refractivity contribution < 1.29 is 27.4 Å². The summed E-state index contributed by atoms with van der Waals surface area (Å²) in [7, 11) is -4.26. The van der Waals surface area contributed by atoms with Crippen molar-refractivity contribution in [3.8, 4) is 0 Å². The van der Waals surface area contributed by atoms with Gasteiger partial charge < -0.3 is 0 Å². The number of hydrogen-bond donors (Lipinski definition) is 1. The number of rotatable bonds is 4. The summed E-state index contributed by atoms with van der Waals surface area (Å²) in [5.74, 6) is -2.10. The van der Waals surface area contributed by atoms with Crippen LogP contribution in [0.15, 0.2) is 0 Å². The van der Waals surface area contributed by atoms with E-state index >= 15 is 0 Å². The Bertz CT molecular complexity index is 457. The average Bonchev–Trinajstić information content (AvgIpc) is 2.15. The van der Waals surface area contributed by atoms with Gasteiger partial charge in [0.1, 0.15) is 6.42 Å². The third-order valence-electron chi connectivity index (χ3n) is 2.26. The summed E-state index contributed by atoms with van der Waals surface area (Å²) in [6, 6.07) is -0.850. The van der Waals surface area contributed by atoms with Crippen molar-refractivity contribution in [3.05, 3.63) is 0 Å². The zero-order chi connectivity index (χ0) is 13.2. The molecule has 1 aliphatic heterocycles. The summed E-state index contributed by atoms with van der Waals surface area (Å²) in [5, 5.41) is 0. The van der Waals surface area contributed by atoms with Gasteiger partial charge in [-0.15, -0.1) is 0 Å². The summed E-state index contributed by atoms with van der Waals surface area (Å²) in [4.78, 5) is 35.8. The lowest BCUT2D eigenvalue weighted by Crippen LogP contribution is -2.55. The quantitative estimate of drug-likeness (QED) is 0.519. The summed E-state index contributed by atoms with van der Waals surface area (Å²) < 4.78 is 29.6. The van der Waals surface area contributed by atoms with E-state index in [-0.39, 0.29) is 6.54 Å². The molecule has 1 heterocycles. The first-order chi connectivity index (χ1) is 7.76. The summed E-state index contributed by atoms with van der Waals surface area (Å²) >= 11 is 0. The number of imide groups is 2. The Morgan fingerprint density at radius 3 is 2.18 bits per heavy atom. The fourth-order valence-corrected chi connectivity index (χ4v) is 1.83. The van der Waals surface area contributed by atoms with E-state index in [0.717, 1.165) is 4.90 Å². The molecule has 0 spiro atoms. The zero-order valence-electron chi connectivity index (χ0n) is 9.12. The third-order valence-corrected chi connectivity index (χ3v) is 2.95. The van der Waals surface area contributed by atoms with Crippen LogP contribution in [0.1, 0.15) is 13.3 Å². The predicted octanol–water partition coefficient (Wildman–Crippen LogP) is -0.925. The number of hydrogen-bond acceptors (Lipinski definition) is 5. The van der Waals surface area contributed by atoms with E-state index in [2.05, 4.69) is 0 Å². The molecular formula is C8H12N2O6S. The maximum atomic E-state index is 11.6. The van der Waals surface area contributed by atoms with Crippen LogP contribution < -0.4 is 0 Å². The lowest BCUT2D eigenvalue weighted by Gasteiger charge is -2.31. The van der Waals surface area contributed by atoms with Gasteiger partial charge in [-0.05, 0) is 6.92 Å². The van der Waals surface area contributed by atoms with Crippen LogP contribution in [0.25, 0.3) is 0 Å². The lowest BCUT2D eigenvalue weighted by atomic mass is 10.2. The summed E-state index contributed by atoms with van der Waals surface area (Å²) in [6.07, 6.45) is -0.467. The SMILES string of the molecule is CCN1C(=O)CC(=O)N(CCS(=O)(=O)O)C1=O. The van der Waals surface area contributed by atoms with E-state index in [1.54, 1.807) is 6.92 Å². The van der Waals surface area contributed by atoms with Crippen molar-refractivity contribution in [2.24, 2.45) is 0 Å². The molecule has 0 bridgehead atoms. The molecule has 1 rings (SSSR count). The number of amides is 4. The first kappa shape index (κ1) is 13.6. The van der Waals surface area contributed by atoms with Crippen molar-refractivity contribution in [1.29, 1.82) is 0 Å². The van der Waals surface area contributed by atoms with Crippen LogP contribution in [-0.4, -0.2) is 59.5 Å². The van der Waals surface area contributed by atoms with Crippen LogP contribution in [-0.2, 0) is 19.7 Å². The van der Waals surface area contributed by atoms with Crippen molar-refractivity contribution in [3.63, 3.8) is 0 Å². The number of nitrogens with zero attached hydrogens (tertiary/aromatic N) is 2. The monoisotopic (exact) mass is 264 g/mol. The fraction of sp³-hybridized carbons (Fsp3) is 0.625. The molecule has 0 atom stereocenters. The first-order valence-corrected chi connectivity index (χ1v) is 6.47. The number of carbonyl (C=O) groups excluding carboxylic acids is 3. The molecule has 9 heteroatoms. The Morgan fingerprint density at radius 1 is 1.18 bits per heavy atom. The fourth-order valence-electron chi connectivity index (χ4n) is 1.42. The smallest absolute Gasteiger partial charge is 0.285 e. The highest BCUT2D eigenvalue weighted by atomic mass is 32.2. The lowest BCUT2D eigenvalue weighted by molar-refractivity contribution is -0.142. The molecule has 17 heavy (non-hydrogen) atoms. The Hall–Kier alpha value is -1.48. The molecule has 0 aromatic rings. The molecule has 1 fully saturated rings. The Morgan fingerprint density at radius 2 is 1.71 bits per heavy atom. The molecule has 1 saturated heterocycles. The standard InChI is InChI=1S/C8H12N2O6S/c1-2-9-6(11)5-7(12)10(8(9)13)3-4-17(14,15)16/h2-5H2,1H3,(H,14,15,16). The van der Waals surface area contributed by atoms with Gasteiger partial charge in [-0.2, -0.15) is 8.42 Å². The van der Waals surface area contributed by atoms with Crippen LogP contribution >= 0.6 is 0 Å². The number of urea groups is 1. The molecule has 0 aliphatic carbocycles. The Labute approximate surface area is 97.9 Å². The van der Waals surface area contributed by atoms with Gasteiger partial charge in [-0.25, -0.2) is 4.79 Å². The molecule has 0 aromatic heterocycles. The molecular weight excluding hydrogens is 252 g/mol. The van der Waals surface area contributed by atoms with Crippen molar-refractivity contribution in [2.45, 2.75) is 13.3 Å². The summed E-state index contributed by atoms with van der Waals surface area (Å²) in [5.41, 5.74) is 0. The minimum absolute atomic E-state index is 0.104. The molecule has 4 amide bonds. The second-order valence-corrected chi connectivity index (χ2v) is 5.00. The Kier molecular flexibility index (Phi) is 3.83. The zero-order valence-corrected chi connectivity index (χ0v) is 9.94. The van der Waals surface area contributed by atoms with Crippen LogP contribution in [0.2, 0.25) is 0 Å². The van der Waals surface area contributed by atoms with Crippen LogP contribution in [0, 0.1) is 0 Å². The third kappa shape index (κ3) is 3.24. The van der Waals surface area contributed by atoms with Crippen molar-refractivity contribution in [1.82, 2.24) is 9.80 Å². The maximum absolute atomic E-state index is 11.6. The molecule has 8 nitrogen and oxygen atoms in total. The molecule has 1 N–H and O–H groups in total. The highest BCUT2D eigenvalue weighted by Crippen LogP contribution is 2.11. The molecule has 0 aromatic carbocycles. The van der Waals surface area contributed by atoms with E-state index in [9.17, 15) is 22.8 Å². The van der Waals surface area contributed by atoms with Gasteiger partial charge in [-0.1, -0.05) is 0 Å². The van der Waals surface area contributed by atoms with Gasteiger partial charge in [0.05, 0.1) is 5.75 Å². The summed E-state index contributed by atoms with van der Waals surface area (Å²) in [6.45, 7) is 1.21. The molecule has 1 aliphatic rings. The van der Waals surface area contributed by atoms with Gasteiger partial charge >= 0.3 is 6.03 Å². The van der Waals surface area contributed by atoms with Gasteiger partial charge in [0.25, 0.3) is 10.1 Å². The van der Waals surface area contributed by atoms with Gasteiger partial charge in [0, 0.05) is 13.1 Å². The number of carbonyl (C=O) groups is 3. The maximum Gasteiger partial charge on any atom is 0.333 e. The number of barbiturate groups is 1. The van der Waals surface area contributed by atoms with Crippen molar-refractivity contribution in [2.75, 3.05) is 18.8 Å². The molecule has 0 unspecified atom stereocenters. The molecule has 0 saturated carbocycles. The van der Waals surface area contributed by atoms with Gasteiger partial charge in [0.15, 0.2) is 0 Å². The predicted molar refractivity (Wildman–Crippen MR) is 55.5 cm³/mol. The largest absolute Gasteiger partial charge is 0.333 e. The van der Waals surface area contributed by atoms with E-state index in [4.69, 9.17) is 4.55 Å². The second-order valence-electron chi connectivity index (χ2n) is 3.43. The van der Waals surface area contributed by atoms with Gasteiger partial charge in [-0.3, -0.25) is 23.9 Å². The van der Waals surface area contributed by atoms with Crippen LogP contribution in [0.4, 0.5) is 4.79 Å². The van der Waals surface area contributed by atoms with Crippen molar-refractivity contribution >= 4 is 28.0 Å². The van der Waals surface area contributed by atoms with E-state index in [1.165, 1.54) is 0 Å². The van der Waals surface area contributed by atoms with E-state index in [1.807, 2.05) is 0 Å². The molecule has 0 radical (unpaired) electrons. The highest BCUT2D eigenvalue weighted by Gasteiger charge is 2.37. The molecule has 96 valence electrons. The minimum Gasteiger partial charge on any atom is -0.285 e. The van der Waals surface area contributed by atoms with Crippen LogP contribution in [0.3, 0.4) is 0 Å². The van der Waals surface area contributed by atoms with E-state index < -0.39 is 46.7 Å². The second kappa shape index (κ2) is 4.80. The minimum atomic E-state index is -4.26. The Balaban J connectivity index is 2.80. The van der Waals surface area contributed by atoms with E-state index in [0.29, 0.717) is 4.90 Å². The first-order valence-electron chi connectivity index (χ1n) is 4.86. The van der Waals surface area contributed by atoms with Gasteiger partial charge in [0.2, 0.25) is 11.8 Å². The highest BCUT2D eigenvalue weighted by molar-refractivity contribution is 7.85.